The van der Waals surface area contributed by atoms with E-state index in [-0.39, 0.29) is 12.5 Å². The van der Waals surface area contributed by atoms with E-state index in [4.69, 9.17) is 25.8 Å². The number of halogens is 1. The predicted molar refractivity (Wildman–Crippen MR) is 106 cm³/mol. The van der Waals surface area contributed by atoms with E-state index in [1.54, 1.807) is 43.3 Å². The fourth-order valence-corrected chi connectivity index (χ4v) is 2.79. The maximum absolute atomic E-state index is 12.4. The van der Waals surface area contributed by atoms with Crippen molar-refractivity contribution in [3.05, 3.63) is 52.5 Å². The summed E-state index contributed by atoms with van der Waals surface area (Å²) in [6.45, 7) is 1.82. The molecule has 0 aliphatic rings. The van der Waals surface area contributed by atoms with Crippen LogP contribution < -0.4 is 24.8 Å². The summed E-state index contributed by atoms with van der Waals surface area (Å²) >= 11 is 6.01. The summed E-state index contributed by atoms with van der Waals surface area (Å²) in [4.78, 5) is 24.6. The second-order valence-corrected chi connectivity index (χ2v) is 6.33. The van der Waals surface area contributed by atoms with Gasteiger partial charge in [-0.2, -0.15) is 0 Å². The van der Waals surface area contributed by atoms with E-state index in [0.29, 0.717) is 27.8 Å². The van der Waals surface area contributed by atoms with Gasteiger partial charge in [0.15, 0.2) is 11.5 Å². The second-order valence-electron chi connectivity index (χ2n) is 5.93. The summed E-state index contributed by atoms with van der Waals surface area (Å²) in [5, 5.41) is 5.73. The van der Waals surface area contributed by atoms with Gasteiger partial charge < -0.3 is 24.8 Å². The molecule has 2 rings (SSSR count). The summed E-state index contributed by atoms with van der Waals surface area (Å²) in [6.07, 6.45) is 0. The molecule has 0 bridgehead atoms. The van der Waals surface area contributed by atoms with Gasteiger partial charge in [0.2, 0.25) is 11.7 Å². The van der Waals surface area contributed by atoms with Gasteiger partial charge in [0.05, 0.1) is 31.9 Å². The van der Waals surface area contributed by atoms with Crippen LogP contribution in [0.5, 0.6) is 17.2 Å². The van der Waals surface area contributed by atoms with E-state index in [2.05, 4.69) is 10.6 Å². The molecule has 0 fully saturated rings. The minimum Gasteiger partial charge on any atom is -0.493 e. The molecule has 0 unspecified atom stereocenters. The van der Waals surface area contributed by atoms with Gasteiger partial charge in [0.1, 0.15) is 6.04 Å². The lowest BCUT2D eigenvalue weighted by atomic mass is 10.1. The lowest BCUT2D eigenvalue weighted by Gasteiger charge is -2.16. The molecule has 2 aromatic rings. The van der Waals surface area contributed by atoms with Gasteiger partial charge in [0.25, 0.3) is 5.91 Å². The molecular formula is C20H23ClN2O5. The van der Waals surface area contributed by atoms with Crippen LogP contribution >= 0.6 is 11.6 Å². The Labute approximate surface area is 168 Å². The number of amides is 2. The highest BCUT2D eigenvalue weighted by atomic mass is 35.5. The zero-order valence-corrected chi connectivity index (χ0v) is 16.9. The highest BCUT2D eigenvalue weighted by molar-refractivity contribution is 6.33. The number of nitrogens with one attached hydrogen (secondary N) is 2. The van der Waals surface area contributed by atoms with Crippen LogP contribution in [0.3, 0.4) is 0 Å². The van der Waals surface area contributed by atoms with Gasteiger partial charge in [-0.1, -0.05) is 23.7 Å². The molecule has 0 aromatic heterocycles. The highest BCUT2D eigenvalue weighted by Crippen LogP contribution is 2.38. The van der Waals surface area contributed by atoms with Crippen molar-refractivity contribution in [1.82, 2.24) is 10.6 Å². The van der Waals surface area contributed by atoms with Crippen molar-refractivity contribution in [2.45, 2.75) is 19.5 Å². The molecule has 0 saturated carbocycles. The van der Waals surface area contributed by atoms with E-state index in [1.165, 1.54) is 21.3 Å². The molecule has 7 nitrogen and oxygen atoms in total. The number of carbonyl (C=O) groups excluding carboxylic acids is 2. The Morgan fingerprint density at radius 3 is 2.18 bits per heavy atom. The van der Waals surface area contributed by atoms with E-state index in [9.17, 15) is 9.59 Å². The maximum Gasteiger partial charge on any atom is 0.253 e. The Morgan fingerprint density at radius 1 is 1.04 bits per heavy atom. The molecule has 150 valence electrons. The summed E-state index contributed by atoms with van der Waals surface area (Å²) in [5.74, 6) is 0.702. The van der Waals surface area contributed by atoms with Crippen LogP contribution in [0.1, 0.15) is 22.8 Å². The van der Waals surface area contributed by atoms with Crippen LogP contribution in [-0.4, -0.2) is 39.2 Å². The highest BCUT2D eigenvalue weighted by Gasteiger charge is 2.19. The Bertz CT molecular complexity index is 831. The quantitative estimate of drug-likeness (QED) is 0.704. The van der Waals surface area contributed by atoms with Crippen molar-refractivity contribution in [2.24, 2.45) is 0 Å². The predicted octanol–water partition coefficient (Wildman–Crippen LogP) is 2.80. The van der Waals surface area contributed by atoms with Crippen LogP contribution in [0.15, 0.2) is 36.4 Å². The Kier molecular flexibility index (Phi) is 7.52. The Morgan fingerprint density at radius 2 is 1.64 bits per heavy atom. The third-order valence-electron chi connectivity index (χ3n) is 4.05. The summed E-state index contributed by atoms with van der Waals surface area (Å²) in [6, 6.07) is 9.39. The summed E-state index contributed by atoms with van der Waals surface area (Å²) < 4.78 is 15.9. The van der Waals surface area contributed by atoms with Crippen LogP contribution in [-0.2, 0) is 11.3 Å². The second kappa shape index (κ2) is 9.85. The zero-order chi connectivity index (χ0) is 20.7. The Hall–Kier alpha value is -2.93. The normalized spacial score (nSPS) is 11.3. The average molecular weight is 407 g/mol. The lowest BCUT2D eigenvalue weighted by Crippen LogP contribution is -2.44. The minimum atomic E-state index is -0.745. The van der Waals surface area contributed by atoms with Crippen molar-refractivity contribution < 1.29 is 23.8 Å². The van der Waals surface area contributed by atoms with Gasteiger partial charge in [-0.05, 0) is 36.8 Å². The molecular weight excluding hydrogens is 384 g/mol. The van der Waals surface area contributed by atoms with E-state index < -0.39 is 11.9 Å². The van der Waals surface area contributed by atoms with Gasteiger partial charge in [0, 0.05) is 6.54 Å². The molecule has 0 saturated heterocycles. The molecule has 0 aliphatic carbocycles. The molecule has 0 radical (unpaired) electrons. The first-order valence-electron chi connectivity index (χ1n) is 8.53. The van der Waals surface area contributed by atoms with E-state index in [0.717, 1.165) is 5.56 Å². The van der Waals surface area contributed by atoms with Gasteiger partial charge in [-0.25, -0.2) is 0 Å². The molecule has 2 aromatic carbocycles. The SMILES string of the molecule is COc1cc(CNC(=O)[C@H](C)NC(=O)c2ccccc2Cl)cc(OC)c1OC. The fraction of sp³-hybridized carbons (Fsp3) is 0.300. The first kappa shape index (κ1) is 21.4. The van der Waals surface area contributed by atoms with Crippen LogP contribution in [0.2, 0.25) is 5.02 Å². The number of carbonyl (C=O) groups is 2. The van der Waals surface area contributed by atoms with Crippen molar-refractivity contribution in [1.29, 1.82) is 0 Å². The van der Waals surface area contributed by atoms with E-state index in [1.807, 2.05) is 0 Å². The first-order chi connectivity index (χ1) is 13.4. The molecule has 0 spiro atoms. The minimum absolute atomic E-state index is 0.224. The first-order valence-corrected chi connectivity index (χ1v) is 8.91. The monoisotopic (exact) mass is 406 g/mol. The topological polar surface area (TPSA) is 85.9 Å². The lowest BCUT2D eigenvalue weighted by molar-refractivity contribution is -0.122. The van der Waals surface area contributed by atoms with E-state index >= 15 is 0 Å². The van der Waals surface area contributed by atoms with Crippen molar-refractivity contribution in [3.8, 4) is 17.2 Å². The Balaban J connectivity index is 2.01. The van der Waals surface area contributed by atoms with Gasteiger partial charge >= 0.3 is 0 Å². The molecule has 0 aliphatic heterocycles. The van der Waals surface area contributed by atoms with Gasteiger partial charge in [-0.3, -0.25) is 9.59 Å². The van der Waals surface area contributed by atoms with Crippen LogP contribution in [0.4, 0.5) is 0 Å². The van der Waals surface area contributed by atoms with Crippen LogP contribution in [0, 0.1) is 0 Å². The number of ether oxygens (including phenoxy) is 3. The summed E-state index contributed by atoms with van der Waals surface area (Å²) in [7, 11) is 4.56. The average Bonchev–Trinajstić information content (AvgIpc) is 2.71. The maximum atomic E-state index is 12.4. The largest absolute Gasteiger partial charge is 0.493 e. The zero-order valence-electron chi connectivity index (χ0n) is 16.2. The molecule has 2 amide bonds. The van der Waals surface area contributed by atoms with Crippen LogP contribution in [0.25, 0.3) is 0 Å². The number of methoxy groups -OCH3 is 3. The van der Waals surface area contributed by atoms with Crippen molar-refractivity contribution in [3.63, 3.8) is 0 Å². The molecule has 0 heterocycles. The molecule has 8 heteroatoms. The van der Waals surface area contributed by atoms with Crippen molar-refractivity contribution >= 4 is 23.4 Å². The molecule has 2 N–H and O–H groups in total. The number of hydrogen-bond acceptors (Lipinski definition) is 5. The molecule has 1 atom stereocenters. The third-order valence-corrected chi connectivity index (χ3v) is 4.38. The third kappa shape index (κ3) is 5.07. The molecule has 28 heavy (non-hydrogen) atoms. The summed E-state index contributed by atoms with van der Waals surface area (Å²) in [5.41, 5.74) is 1.07. The standard InChI is InChI=1S/C20H23ClN2O5/c1-12(23-20(25)14-7-5-6-8-15(14)21)19(24)22-11-13-9-16(26-2)18(28-4)17(10-13)27-3/h5-10,12H,11H2,1-4H3,(H,22,24)(H,23,25)/t12-/m0/s1. The van der Waals surface area contributed by atoms with Crippen molar-refractivity contribution in [2.75, 3.05) is 21.3 Å². The smallest absolute Gasteiger partial charge is 0.253 e. The number of benzene rings is 2. The van der Waals surface area contributed by atoms with Gasteiger partial charge in [-0.15, -0.1) is 0 Å². The number of hydrogen-bond donors (Lipinski definition) is 2. The number of rotatable bonds is 8. The fourth-order valence-electron chi connectivity index (χ4n) is 2.57.